The van der Waals surface area contributed by atoms with Gasteiger partial charge in [0.15, 0.2) is 0 Å². The van der Waals surface area contributed by atoms with Gasteiger partial charge in [-0.2, -0.15) is 0 Å². The number of rotatable bonds is 1. The number of esters is 1. The summed E-state index contributed by atoms with van der Waals surface area (Å²) in [4.78, 5) is 11.4. The highest BCUT2D eigenvalue weighted by Crippen LogP contribution is 2.37. The Bertz CT molecular complexity index is 217. The summed E-state index contributed by atoms with van der Waals surface area (Å²) < 4.78 is 4.81. The lowest BCUT2D eigenvalue weighted by Crippen LogP contribution is -2.41. The van der Waals surface area contributed by atoms with Crippen LogP contribution in [0.5, 0.6) is 0 Å². The molecule has 0 aromatic heterocycles. The number of ether oxygens (including phenoxy) is 1. The van der Waals surface area contributed by atoms with Gasteiger partial charge in [-0.05, 0) is 50.6 Å². The molecule has 2 aliphatic rings. The van der Waals surface area contributed by atoms with Gasteiger partial charge in [-0.25, -0.2) is 0 Å². The van der Waals surface area contributed by atoms with Gasteiger partial charge in [0.05, 0.1) is 13.0 Å². The Hall–Kier alpha value is -0.570. The van der Waals surface area contributed by atoms with E-state index in [0.29, 0.717) is 0 Å². The SMILES string of the molecule is COC(=O)[C@@H]1CC[C@@H]2CNCC[C@H]2C1. The Morgan fingerprint density at radius 3 is 2.93 bits per heavy atom. The average Bonchev–Trinajstić information content (AvgIpc) is 2.27. The highest BCUT2D eigenvalue weighted by atomic mass is 16.5. The summed E-state index contributed by atoms with van der Waals surface area (Å²) in [5.41, 5.74) is 0. The first-order valence-corrected chi connectivity index (χ1v) is 5.60. The number of piperidine rings is 1. The molecule has 80 valence electrons. The smallest absolute Gasteiger partial charge is 0.308 e. The molecular weight excluding hydrogens is 178 g/mol. The number of carbonyl (C=O) groups excluding carboxylic acids is 1. The van der Waals surface area contributed by atoms with Crippen molar-refractivity contribution in [2.45, 2.75) is 25.7 Å². The second-order valence-corrected chi connectivity index (χ2v) is 4.55. The first kappa shape index (κ1) is 9.97. The lowest BCUT2D eigenvalue weighted by Gasteiger charge is -2.38. The van der Waals surface area contributed by atoms with Crippen molar-refractivity contribution in [2.75, 3.05) is 20.2 Å². The normalized spacial score (nSPS) is 37.4. The quantitative estimate of drug-likeness (QED) is 0.642. The van der Waals surface area contributed by atoms with Gasteiger partial charge in [-0.15, -0.1) is 0 Å². The summed E-state index contributed by atoms with van der Waals surface area (Å²) in [5.74, 6) is 1.75. The predicted octanol–water partition coefficient (Wildman–Crippen LogP) is 1.19. The summed E-state index contributed by atoms with van der Waals surface area (Å²) in [6.07, 6.45) is 4.50. The van der Waals surface area contributed by atoms with Crippen molar-refractivity contribution in [2.24, 2.45) is 17.8 Å². The van der Waals surface area contributed by atoms with Crippen molar-refractivity contribution in [1.82, 2.24) is 5.32 Å². The first-order chi connectivity index (χ1) is 6.81. The molecule has 1 saturated carbocycles. The topological polar surface area (TPSA) is 38.3 Å². The molecule has 0 spiro atoms. The molecule has 0 amide bonds. The second-order valence-electron chi connectivity index (χ2n) is 4.55. The van der Waals surface area contributed by atoms with E-state index in [2.05, 4.69) is 5.32 Å². The van der Waals surface area contributed by atoms with Crippen LogP contribution in [0.25, 0.3) is 0 Å². The number of methoxy groups -OCH3 is 1. The van der Waals surface area contributed by atoms with Crippen LogP contribution >= 0.6 is 0 Å². The molecule has 0 bridgehead atoms. The third-order valence-electron chi connectivity index (χ3n) is 3.77. The fourth-order valence-corrected chi connectivity index (χ4v) is 2.90. The van der Waals surface area contributed by atoms with E-state index in [1.807, 2.05) is 0 Å². The number of nitrogens with one attached hydrogen (secondary N) is 1. The molecule has 0 radical (unpaired) electrons. The molecule has 3 nitrogen and oxygen atoms in total. The fourth-order valence-electron chi connectivity index (χ4n) is 2.90. The zero-order valence-electron chi connectivity index (χ0n) is 8.79. The molecule has 2 rings (SSSR count). The zero-order chi connectivity index (χ0) is 9.97. The van der Waals surface area contributed by atoms with E-state index >= 15 is 0 Å². The summed E-state index contributed by atoms with van der Waals surface area (Å²) in [5, 5.41) is 3.43. The minimum absolute atomic E-state index is 0.00184. The minimum Gasteiger partial charge on any atom is -0.469 e. The predicted molar refractivity (Wildman–Crippen MR) is 53.8 cm³/mol. The van der Waals surface area contributed by atoms with Crippen molar-refractivity contribution in [3.63, 3.8) is 0 Å². The van der Waals surface area contributed by atoms with Crippen molar-refractivity contribution in [3.05, 3.63) is 0 Å². The van der Waals surface area contributed by atoms with Crippen LogP contribution in [0.15, 0.2) is 0 Å². The number of hydrogen-bond donors (Lipinski definition) is 1. The summed E-state index contributed by atoms with van der Waals surface area (Å²) in [7, 11) is 1.50. The van der Waals surface area contributed by atoms with E-state index in [1.54, 1.807) is 0 Å². The van der Waals surface area contributed by atoms with E-state index in [0.717, 1.165) is 37.8 Å². The minimum atomic E-state index is 0.00184. The van der Waals surface area contributed by atoms with Gasteiger partial charge in [0.25, 0.3) is 0 Å². The summed E-state index contributed by atoms with van der Waals surface area (Å²) in [6.45, 7) is 2.27. The molecule has 1 aliphatic heterocycles. The summed E-state index contributed by atoms with van der Waals surface area (Å²) in [6, 6.07) is 0. The first-order valence-electron chi connectivity index (χ1n) is 5.60. The van der Waals surface area contributed by atoms with E-state index in [-0.39, 0.29) is 11.9 Å². The summed E-state index contributed by atoms with van der Waals surface area (Å²) >= 11 is 0. The Morgan fingerprint density at radius 1 is 1.29 bits per heavy atom. The molecular formula is C11H19NO2. The molecule has 1 saturated heterocycles. The number of carbonyl (C=O) groups is 1. The van der Waals surface area contributed by atoms with Gasteiger partial charge in [-0.3, -0.25) is 4.79 Å². The highest BCUT2D eigenvalue weighted by molar-refractivity contribution is 5.72. The van der Waals surface area contributed by atoms with E-state index in [1.165, 1.54) is 20.0 Å². The monoisotopic (exact) mass is 197 g/mol. The largest absolute Gasteiger partial charge is 0.469 e. The standard InChI is InChI=1S/C11H19NO2/c1-14-11(13)9-2-3-10-7-12-5-4-8(10)6-9/h8-10,12H,2-7H2,1H3/t8-,9+,10+/m0/s1. The maximum Gasteiger partial charge on any atom is 0.308 e. The van der Waals surface area contributed by atoms with Crippen LogP contribution in [0.3, 0.4) is 0 Å². The van der Waals surface area contributed by atoms with Gasteiger partial charge >= 0.3 is 5.97 Å². The molecule has 1 N–H and O–H groups in total. The van der Waals surface area contributed by atoms with Crippen molar-refractivity contribution in [1.29, 1.82) is 0 Å². The highest BCUT2D eigenvalue weighted by Gasteiger charge is 2.35. The Kier molecular flexibility index (Phi) is 3.06. The van der Waals surface area contributed by atoms with Crippen LogP contribution in [0.4, 0.5) is 0 Å². The molecule has 3 atom stereocenters. The molecule has 3 heteroatoms. The third kappa shape index (κ3) is 1.92. The second kappa shape index (κ2) is 4.30. The lowest BCUT2D eigenvalue weighted by atomic mass is 9.71. The van der Waals surface area contributed by atoms with Gasteiger partial charge in [-0.1, -0.05) is 0 Å². The van der Waals surface area contributed by atoms with E-state index in [4.69, 9.17) is 4.74 Å². The maximum atomic E-state index is 11.4. The third-order valence-corrected chi connectivity index (χ3v) is 3.77. The van der Waals surface area contributed by atoms with Crippen LogP contribution in [-0.2, 0) is 9.53 Å². The molecule has 0 aromatic carbocycles. The van der Waals surface area contributed by atoms with Crippen LogP contribution in [0.2, 0.25) is 0 Å². The maximum absolute atomic E-state index is 11.4. The van der Waals surface area contributed by atoms with E-state index < -0.39 is 0 Å². The van der Waals surface area contributed by atoms with E-state index in [9.17, 15) is 4.79 Å². The average molecular weight is 197 g/mol. The molecule has 14 heavy (non-hydrogen) atoms. The van der Waals surface area contributed by atoms with Crippen molar-refractivity contribution < 1.29 is 9.53 Å². The molecule has 0 unspecified atom stereocenters. The van der Waals surface area contributed by atoms with Crippen molar-refractivity contribution >= 4 is 5.97 Å². The van der Waals surface area contributed by atoms with Gasteiger partial charge in [0.2, 0.25) is 0 Å². The Balaban J connectivity index is 1.92. The van der Waals surface area contributed by atoms with Gasteiger partial charge in [0.1, 0.15) is 0 Å². The fraction of sp³-hybridized carbons (Fsp3) is 0.909. The van der Waals surface area contributed by atoms with Crippen LogP contribution in [0.1, 0.15) is 25.7 Å². The zero-order valence-corrected chi connectivity index (χ0v) is 8.79. The Morgan fingerprint density at radius 2 is 2.14 bits per heavy atom. The number of fused-ring (bicyclic) bond motifs is 1. The Labute approximate surface area is 85.2 Å². The molecule has 0 aromatic rings. The van der Waals surface area contributed by atoms with Gasteiger partial charge in [0, 0.05) is 0 Å². The van der Waals surface area contributed by atoms with Crippen LogP contribution < -0.4 is 5.32 Å². The van der Waals surface area contributed by atoms with Crippen molar-refractivity contribution in [3.8, 4) is 0 Å². The molecule has 1 aliphatic carbocycles. The number of hydrogen-bond acceptors (Lipinski definition) is 3. The molecule has 1 heterocycles. The lowest BCUT2D eigenvalue weighted by molar-refractivity contribution is -0.147. The molecule has 2 fully saturated rings. The van der Waals surface area contributed by atoms with Gasteiger partial charge < -0.3 is 10.1 Å². The van der Waals surface area contributed by atoms with Crippen LogP contribution in [-0.4, -0.2) is 26.2 Å². The van der Waals surface area contributed by atoms with Crippen LogP contribution in [0, 0.1) is 17.8 Å².